The molecule has 3 aromatic rings. The monoisotopic (exact) mass is 331 g/mol. The summed E-state index contributed by atoms with van der Waals surface area (Å²) in [6.07, 6.45) is 2.40. The van der Waals surface area contributed by atoms with Crippen molar-refractivity contribution in [2.24, 2.45) is 0 Å². The van der Waals surface area contributed by atoms with Crippen LogP contribution >= 0.6 is 23.2 Å². The van der Waals surface area contributed by atoms with E-state index in [1.54, 1.807) is 6.07 Å². The third-order valence-corrected chi connectivity index (χ3v) is 4.44. The molecule has 1 fully saturated rings. The van der Waals surface area contributed by atoms with Crippen LogP contribution < -0.4 is 5.56 Å². The number of benzene rings is 1. The van der Waals surface area contributed by atoms with Crippen LogP contribution in [0.2, 0.25) is 10.2 Å². The molecule has 22 heavy (non-hydrogen) atoms. The topological polar surface area (TPSA) is 58.6 Å². The average Bonchev–Trinajstić information content (AvgIpc) is 3.27. The molecule has 0 spiro atoms. The number of hydrogen-bond acceptors (Lipinski definition) is 3. The largest absolute Gasteiger partial charge is 0.310 e. The van der Waals surface area contributed by atoms with Gasteiger partial charge in [-0.05, 0) is 30.0 Å². The van der Waals surface area contributed by atoms with E-state index in [2.05, 4.69) is 21.0 Å². The minimum atomic E-state index is -0.180. The van der Waals surface area contributed by atoms with Gasteiger partial charge in [-0.2, -0.15) is 0 Å². The van der Waals surface area contributed by atoms with Gasteiger partial charge in [0, 0.05) is 23.2 Å². The Morgan fingerprint density at radius 1 is 1.18 bits per heavy atom. The van der Waals surface area contributed by atoms with Crippen molar-refractivity contribution in [1.29, 1.82) is 0 Å². The van der Waals surface area contributed by atoms with Gasteiger partial charge >= 0.3 is 0 Å². The van der Waals surface area contributed by atoms with Crippen LogP contribution in [0.4, 0.5) is 0 Å². The first-order valence-electron chi connectivity index (χ1n) is 6.93. The van der Waals surface area contributed by atoms with Crippen molar-refractivity contribution in [2.75, 3.05) is 0 Å². The first-order valence-corrected chi connectivity index (χ1v) is 7.68. The minimum absolute atomic E-state index is 0.180. The normalized spacial score (nSPS) is 20.3. The lowest BCUT2D eigenvalue weighted by atomic mass is 10.1. The lowest BCUT2D eigenvalue weighted by molar-refractivity contribution is 0.897. The van der Waals surface area contributed by atoms with E-state index in [1.165, 1.54) is 11.8 Å². The van der Waals surface area contributed by atoms with E-state index >= 15 is 0 Å². The molecule has 6 heteroatoms. The van der Waals surface area contributed by atoms with E-state index in [1.807, 2.05) is 18.2 Å². The van der Waals surface area contributed by atoms with Crippen molar-refractivity contribution in [3.05, 3.63) is 68.4 Å². The van der Waals surface area contributed by atoms with Gasteiger partial charge in [0.25, 0.3) is 5.56 Å². The van der Waals surface area contributed by atoms with Gasteiger partial charge in [-0.25, -0.2) is 9.97 Å². The predicted molar refractivity (Wildman–Crippen MR) is 86.7 cm³/mol. The van der Waals surface area contributed by atoms with Gasteiger partial charge < -0.3 is 4.98 Å². The van der Waals surface area contributed by atoms with Crippen LogP contribution in [0.5, 0.6) is 0 Å². The molecule has 4 rings (SSSR count). The Kier molecular flexibility index (Phi) is 3.17. The molecular formula is C16H11Cl2N3O. The van der Waals surface area contributed by atoms with Gasteiger partial charge in [0.1, 0.15) is 11.0 Å². The van der Waals surface area contributed by atoms with Gasteiger partial charge in [0.15, 0.2) is 0 Å². The Morgan fingerprint density at radius 2 is 2.05 bits per heavy atom. The molecule has 2 atom stereocenters. The fourth-order valence-corrected chi connectivity index (χ4v) is 3.16. The average molecular weight is 332 g/mol. The van der Waals surface area contributed by atoms with E-state index in [9.17, 15) is 4.79 Å². The van der Waals surface area contributed by atoms with Crippen LogP contribution in [0, 0.1) is 0 Å². The molecule has 0 radical (unpaired) electrons. The number of aromatic nitrogens is 3. The highest BCUT2D eigenvalue weighted by Gasteiger charge is 2.41. The molecule has 0 amide bonds. The Morgan fingerprint density at radius 3 is 2.86 bits per heavy atom. The first kappa shape index (κ1) is 13.7. The lowest BCUT2D eigenvalue weighted by Gasteiger charge is -2.03. The minimum Gasteiger partial charge on any atom is -0.310 e. The van der Waals surface area contributed by atoms with Crippen LogP contribution in [0.15, 0.2) is 41.3 Å². The molecule has 0 saturated heterocycles. The summed E-state index contributed by atoms with van der Waals surface area (Å²) < 4.78 is 0. The van der Waals surface area contributed by atoms with Crippen molar-refractivity contribution in [3.8, 4) is 0 Å². The number of rotatable bonds is 2. The van der Waals surface area contributed by atoms with Gasteiger partial charge in [-0.1, -0.05) is 35.3 Å². The number of nitrogens with one attached hydrogen (secondary N) is 1. The van der Waals surface area contributed by atoms with Crippen molar-refractivity contribution in [1.82, 2.24) is 15.0 Å². The van der Waals surface area contributed by atoms with Crippen LogP contribution in [-0.4, -0.2) is 15.0 Å². The lowest BCUT2D eigenvalue weighted by Crippen LogP contribution is -2.12. The summed E-state index contributed by atoms with van der Waals surface area (Å²) in [7, 11) is 0. The van der Waals surface area contributed by atoms with Crippen LogP contribution in [0.1, 0.15) is 29.6 Å². The zero-order valence-electron chi connectivity index (χ0n) is 11.4. The van der Waals surface area contributed by atoms with Crippen molar-refractivity contribution >= 4 is 34.1 Å². The van der Waals surface area contributed by atoms with Gasteiger partial charge in [-0.3, -0.25) is 4.79 Å². The summed E-state index contributed by atoms with van der Waals surface area (Å²) in [6, 6.07) is 9.43. The highest BCUT2D eigenvalue weighted by Crippen LogP contribution is 2.53. The summed E-state index contributed by atoms with van der Waals surface area (Å²) >= 11 is 11.9. The maximum absolute atomic E-state index is 12.1. The summed E-state index contributed by atoms with van der Waals surface area (Å²) in [6.45, 7) is 0. The van der Waals surface area contributed by atoms with Gasteiger partial charge in [0.2, 0.25) is 0 Å². The second-order valence-corrected chi connectivity index (χ2v) is 6.30. The maximum atomic E-state index is 12.1. The maximum Gasteiger partial charge on any atom is 0.260 e. The summed E-state index contributed by atoms with van der Waals surface area (Å²) in [4.78, 5) is 23.5. The fraction of sp³-hybridized carbons (Fsp3) is 0.188. The predicted octanol–water partition coefficient (Wildman–Crippen LogP) is 3.90. The summed E-state index contributed by atoms with van der Waals surface area (Å²) in [5.41, 5.74) is 1.57. The quantitative estimate of drug-likeness (QED) is 0.724. The Balaban J connectivity index is 1.72. The molecule has 110 valence electrons. The number of pyridine rings is 1. The Labute approximate surface area is 136 Å². The number of fused-ring (bicyclic) bond motifs is 1. The number of hydrogen-bond donors (Lipinski definition) is 1. The highest BCUT2D eigenvalue weighted by molar-refractivity contribution is 6.30. The molecule has 1 aromatic carbocycles. The number of halogens is 2. The van der Waals surface area contributed by atoms with E-state index in [0.29, 0.717) is 27.8 Å². The molecule has 1 saturated carbocycles. The molecule has 2 heterocycles. The zero-order valence-corrected chi connectivity index (χ0v) is 12.9. The number of nitrogens with zero attached hydrogens (tertiary/aromatic N) is 2. The number of aromatic amines is 1. The van der Waals surface area contributed by atoms with Crippen molar-refractivity contribution in [2.45, 2.75) is 18.3 Å². The molecule has 4 nitrogen and oxygen atoms in total. The van der Waals surface area contributed by atoms with E-state index in [4.69, 9.17) is 23.2 Å². The summed E-state index contributed by atoms with van der Waals surface area (Å²) in [5.74, 6) is 1.25. The molecule has 1 N–H and O–H groups in total. The van der Waals surface area contributed by atoms with Crippen LogP contribution in [0.3, 0.4) is 0 Å². The molecule has 1 aliphatic carbocycles. The molecular weight excluding hydrogens is 321 g/mol. The van der Waals surface area contributed by atoms with Gasteiger partial charge in [-0.15, -0.1) is 0 Å². The standard InChI is InChI=1S/C16H11Cl2N3O/c17-9-3-1-2-8(4-9)10-5-11(10)15-20-13-6-14(18)19-7-12(13)16(22)21-15/h1-4,6-7,10-11H,5H2,(H,20,21,22)/t10-,11+/m1/s1. The third-order valence-electron chi connectivity index (χ3n) is 3.99. The highest BCUT2D eigenvalue weighted by atomic mass is 35.5. The smallest absolute Gasteiger partial charge is 0.260 e. The van der Waals surface area contributed by atoms with E-state index in [0.717, 1.165) is 11.4 Å². The molecule has 0 bridgehead atoms. The third kappa shape index (κ3) is 2.38. The van der Waals surface area contributed by atoms with E-state index < -0.39 is 0 Å². The van der Waals surface area contributed by atoms with Crippen LogP contribution in [-0.2, 0) is 0 Å². The van der Waals surface area contributed by atoms with E-state index in [-0.39, 0.29) is 11.5 Å². The fourth-order valence-electron chi connectivity index (χ4n) is 2.81. The summed E-state index contributed by atoms with van der Waals surface area (Å²) in [5, 5.41) is 1.51. The second-order valence-electron chi connectivity index (χ2n) is 5.48. The number of H-pyrrole nitrogens is 1. The van der Waals surface area contributed by atoms with Gasteiger partial charge in [0.05, 0.1) is 10.9 Å². The Bertz CT molecular complexity index is 938. The second kappa shape index (κ2) is 5.07. The van der Waals surface area contributed by atoms with Crippen molar-refractivity contribution < 1.29 is 0 Å². The zero-order chi connectivity index (χ0) is 15.3. The van der Waals surface area contributed by atoms with Crippen molar-refractivity contribution in [3.63, 3.8) is 0 Å². The Hall–Kier alpha value is -1.91. The van der Waals surface area contributed by atoms with Crippen LogP contribution in [0.25, 0.3) is 10.9 Å². The SMILES string of the molecule is O=c1[nH]c([C@H]2C[C@@H]2c2cccc(Cl)c2)nc2cc(Cl)ncc12. The molecule has 0 aliphatic heterocycles. The molecule has 1 aliphatic rings. The first-order chi connectivity index (χ1) is 10.6. The molecule has 0 unspecified atom stereocenters. The molecule has 2 aromatic heterocycles.